The number of aryl methyl sites for hydroxylation is 1. The molecule has 1 amide bonds. The largest absolute Gasteiger partial charge is 0.343 e. The van der Waals surface area contributed by atoms with Gasteiger partial charge in [-0.3, -0.25) is 9.78 Å². The van der Waals surface area contributed by atoms with Crippen LogP contribution in [0.1, 0.15) is 23.8 Å². The molecule has 0 radical (unpaired) electrons. The van der Waals surface area contributed by atoms with Crippen molar-refractivity contribution in [2.24, 2.45) is 0 Å². The topological polar surface area (TPSA) is 33.2 Å². The molecule has 0 bridgehead atoms. The minimum atomic E-state index is 0.245. The average Bonchev–Trinajstić information content (AvgIpc) is 3.00. The number of aromatic nitrogens is 1. The molecule has 0 aliphatic heterocycles. The van der Waals surface area contributed by atoms with Crippen molar-refractivity contribution >= 4 is 17.2 Å². The van der Waals surface area contributed by atoms with Crippen LogP contribution in [-0.4, -0.2) is 28.9 Å². The smallest absolute Gasteiger partial charge is 0.222 e. The van der Waals surface area contributed by atoms with E-state index in [1.165, 1.54) is 10.4 Å². The lowest BCUT2D eigenvalue weighted by molar-refractivity contribution is -0.130. The van der Waals surface area contributed by atoms with Crippen molar-refractivity contribution < 1.29 is 4.79 Å². The van der Waals surface area contributed by atoms with Gasteiger partial charge in [0.2, 0.25) is 5.91 Å². The molecule has 0 atom stereocenters. The van der Waals surface area contributed by atoms with Gasteiger partial charge in [0, 0.05) is 36.8 Å². The molecule has 0 aliphatic rings. The zero-order valence-corrected chi connectivity index (χ0v) is 12.6. The summed E-state index contributed by atoms with van der Waals surface area (Å²) >= 11 is 1.72. The van der Waals surface area contributed by atoms with Gasteiger partial charge in [-0.2, -0.15) is 0 Å². The van der Waals surface area contributed by atoms with E-state index >= 15 is 0 Å². The van der Waals surface area contributed by atoms with Crippen LogP contribution in [0.5, 0.6) is 0 Å². The fraction of sp³-hybridized carbons (Fsp3) is 0.375. The van der Waals surface area contributed by atoms with Crippen molar-refractivity contribution in [2.75, 3.05) is 13.1 Å². The third kappa shape index (κ3) is 4.46. The van der Waals surface area contributed by atoms with E-state index in [2.05, 4.69) is 16.4 Å². The summed E-state index contributed by atoms with van der Waals surface area (Å²) in [5, 5.41) is 2.06. The Hall–Kier alpha value is -1.68. The van der Waals surface area contributed by atoms with Crippen molar-refractivity contribution in [3.8, 4) is 0 Å². The second kappa shape index (κ2) is 7.80. The molecule has 0 saturated carbocycles. The highest BCUT2D eigenvalue weighted by Crippen LogP contribution is 2.12. The first-order valence-electron chi connectivity index (χ1n) is 6.98. The van der Waals surface area contributed by atoms with Gasteiger partial charge in [0.25, 0.3) is 0 Å². The fourth-order valence-corrected chi connectivity index (χ4v) is 2.82. The molecule has 20 heavy (non-hydrogen) atoms. The summed E-state index contributed by atoms with van der Waals surface area (Å²) < 4.78 is 0. The molecule has 4 heteroatoms. The lowest BCUT2D eigenvalue weighted by Gasteiger charge is -2.20. The summed E-state index contributed by atoms with van der Waals surface area (Å²) in [6.07, 6.45) is 5.93. The molecule has 2 rings (SSSR count). The van der Waals surface area contributed by atoms with Crippen LogP contribution in [0.3, 0.4) is 0 Å². The van der Waals surface area contributed by atoms with E-state index in [0.717, 1.165) is 25.9 Å². The van der Waals surface area contributed by atoms with Crippen molar-refractivity contribution in [1.82, 2.24) is 9.88 Å². The molecule has 2 aromatic heterocycles. The molecule has 3 nitrogen and oxygen atoms in total. The summed E-state index contributed by atoms with van der Waals surface area (Å²) in [6.45, 7) is 3.59. The summed E-state index contributed by atoms with van der Waals surface area (Å²) in [7, 11) is 0. The number of amides is 1. The SMILES string of the molecule is CCN(CCc1ccncc1)C(=O)CCc1cccs1. The van der Waals surface area contributed by atoms with E-state index < -0.39 is 0 Å². The second-order valence-corrected chi connectivity index (χ2v) is 5.69. The Bertz CT molecular complexity index is 511. The zero-order chi connectivity index (χ0) is 14.2. The molecular formula is C16H20N2OS. The molecule has 0 aromatic carbocycles. The van der Waals surface area contributed by atoms with Gasteiger partial charge in [0.05, 0.1) is 0 Å². The van der Waals surface area contributed by atoms with Crippen LogP contribution in [0.25, 0.3) is 0 Å². The minimum Gasteiger partial charge on any atom is -0.343 e. The first-order valence-corrected chi connectivity index (χ1v) is 7.86. The van der Waals surface area contributed by atoms with Crippen LogP contribution in [0, 0.1) is 0 Å². The van der Waals surface area contributed by atoms with Crippen LogP contribution >= 0.6 is 11.3 Å². The Balaban J connectivity index is 1.80. The van der Waals surface area contributed by atoms with E-state index in [9.17, 15) is 4.79 Å². The van der Waals surface area contributed by atoms with Crippen LogP contribution in [0.15, 0.2) is 42.0 Å². The van der Waals surface area contributed by atoms with Gasteiger partial charge in [-0.15, -0.1) is 11.3 Å². The second-order valence-electron chi connectivity index (χ2n) is 4.66. The summed E-state index contributed by atoms with van der Waals surface area (Å²) in [5.74, 6) is 0.245. The van der Waals surface area contributed by atoms with E-state index in [0.29, 0.717) is 6.42 Å². The number of likely N-dealkylation sites (N-methyl/N-ethyl adjacent to an activating group) is 1. The Morgan fingerprint density at radius 3 is 2.70 bits per heavy atom. The standard InChI is InChI=1S/C16H20N2OS/c1-2-18(12-9-14-7-10-17-11-8-14)16(19)6-5-15-4-3-13-20-15/h3-4,7-8,10-11,13H,2,5-6,9,12H2,1H3. The maximum absolute atomic E-state index is 12.2. The third-order valence-corrected chi connectivity index (χ3v) is 4.26. The molecule has 0 N–H and O–H groups in total. The molecule has 0 saturated heterocycles. The third-order valence-electron chi connectivity index (χ3n) is 3.32. The fourth-order valence-electron chi connectivity index (χ4n) is 2.12. The van der Waals surface area contributed by atoms with Gasteiger partial charge < -0.3 is 4.90 Å². The van der Waals surface area contributed by atoms with E-state index in [-0.39, 0.29) is 5.91 Å². The van der Waals surface area contributed by atoms with Gasteiger partial charge >= 0.3 is 0 Å². The first kappa shape index (κ1) is 14.7. The Morgan fingerprint density at radius 1 is 1.25 bits per heavy atom. The van der Waals surface area contributed by atoms with Crippen LogP contribution < -0.4 is 0 Å². The summed E-state index contributed by atoms with van der Waals surface area (Å²) in [5.41, 5.74) is 1.23. The number of hydrogen-bond acceptors (Lipinski definition) is 3. The molecule has 2 heterocycles. The van der Waals surface area contributed by atoms with Gasteiger partial charge in [0.15, 0.2) is 0 Å². The number of rotatable bonds is 7. The predicted octanol–water partition coefficient (Wildman–Crippen LogP) is 3.17. The van der Waals surface area contributed by atoms with Gasteiger partial charge in [-0.05, 0) is 48.9 Å². The molecule has 106 valence electrons. The number of pyridine rings is 1. The number of hydrogen-bond donors (Lipinski definition) is 0. The van der Waals surface area contributed by atoms with E-state index in [1.807, 2.05) is 30.0 Å². The Labute approximate surface area is 124 Å². The van der Waals surface area contributed by atoms with Crippen LogP contribution in [0.2, 0.25) is 0 Å². The van der Waals surface area contributed by atoms with Gasteiger partial charge in [-0.1, -0.05) is 6.07 Å². The van der Waals surface area contributed by atoms with Gasteiger partial charge in [-0.25, -0.2) is 0 Å². The van der Waals surface area contributed by atoms with Crippen LogP contribution in [0.4, 0.5) is 0 Å². The number of carbonyl (C=O) groups excluding carboxylic acids is 1. The molecular weight excluding hydrogens is 268 g/mol. The Kier molecular flexibility index (Phi) is 5.74. The summed E-state index contributed by atoms with van der Waals surface area (Å²) in [6, 6.07) is 8.13. The Morgan fingerprint density at radius 2 is 2.05 bits per heavy atom. The zero-order valence-electron chi connectivity index (χ0n) is 11.8. The quantitative estimate of drug-likeness (QED) is 0.784. The number of thiophene rings is 1. The van der Waals surface area contributed by atoms with Crippen LogP contribution in [-0.2, 0) is 17.6 Å². The lowest BCUT2D eigenvalue weighted by Crippen LogP contribution is -2.32. The number of nitrogens with zero attached hydrogens (tertiary/aromatic N) is 2. The maximum atomic E-state index is 12.2. The minimum absolute atomic E-state index is 0.245. The highest BCUT2D eigenvalue weighted by Gasteiger charge is 2.11. The molecule has 0 fully saturated rings. The highest BCUT2D eigenvalue weighted by atomic mass is 32.1. The summed E-state index contributed by atoms with van der Waals surface area (Å²) in [4.78, 5) is 19.4. The van der Waals surface area contributed by atoms with Crippen molar-refractivity contribution in [2.45, 2.75) is 26.2 Å². The monoisotopic (exact) mass is 288 g/mol. The molecule has 2 aromatic rings. The molecule has 0 aliphatic carbocycles. The lowest BCUT2D eigenvalue weighted by atomic mass is 10.2. The van der Waals surface area contributed by atoms with Crippen molar-refractivity contribution in [3.63, 3.8) is 0 Å². The number of carbonyl (C=O) groups is 1. The average molecular weight is 288 g/mol. The van der Waals surface area contributed by atoms with Crippen molar-refractivity contribution in [1.29, 1.82) is 0 Å². The molecule has 0 spiro atoms. The van der Waals surface area contributed by atoms with E-state index in [1.54, 1.807) is 23.7 Å². The van der Waals surface area contributed by atoms with E-state index in [4.69, 9.17) is 0 Å². The van der Waals surface area contributed by atoms with Gasteiger partial charge in [0.1, 0.15) is 0 Å². The highest BCUT2D eigenvalue weighted by molar-refractivity contribution is 7.09. The first-order chi connectivity index (χ1) is 9.79. The predicted molar refractivity (Wildman–Crippen MR) is 82.8 cm³/mol. The normalized spacial score (nSPS) is 10.4. The van der Waals surface area contributed by atoms with Crippen molar-refractivity contribution in [3.05, 3.63) is 52.5 Å². The maximum Gasteiger partial charge on any atom is 0.222 e. The molecule has 0 unspecified atom stereocenters.